The highest BCUT2D eigenvalue weighted by Gasteiger charge is 2.49. The Morgan fingerprint density at radius 2 is 1.87 bits per heavy atom. The molecule has 0 saturated carbocycles. The van der Waals surface area contributed by atoms with Gasteiger partial charge in [-0.2, -0.15) is 23.3 Å². The van der Waals surface area contributed by atoms with Crippen molar-refractivity contribution in [2.75, 3.05) is 31.3 Å². The molecule has 0 bridgehead atoms. The van der Waals surface area contributed by atoms with Crippen molar-refractivity contribution < 1.29 is 33.7 Å². The number of carbonyl (C=O) groups excluding carboxylic acids is 1. The summed E-state index contributed by atoms with van der Waals surface area (Å²) in [6.45, 7) is 3.42. The first-order valence-electron chi connectivity index (χ1n) is 8.82. The Balaban J connectivity index is 0.00000160. The van der Waals surface area contributed by atoms with Crippen LogP contribution in [0.3, 0.4) is 0 Å². The molecule has 0 aliphatic carbocycles. The molecular formula is C18H21F3N4O4S. The van der Waals surface area contributed by atoms with Gasteiger partial charge in [-0.3, -0.25) is 4.79 Å². The number of para-hydroxylation sites is 1. The zero-order chi connectivity index (χ0) is 19.9. The number of halogens is 3. The third kappa shape index (κ3) is 4.17. The highest BCUT2D eigenvalue weighted by atomic mass is 32.1. The number of hydrogen-bond acceptors (Lipinski definition) is 6. The number of hydrazone groups is 1. The summed E-state index contributed by atoms with van der Waals surface area (Å²) in [6, 6.07) is 7.13. The Kier molecular flexibility index (Phi) is 7.18. The molecule has 0 radical (unpaired) electrons. The second-order valence-electron chi connectivity index (χ2n) is 6.30. The topological polar surface area (TPSA) is 121 Å². The van der Waals surface area contributed by atoms with Gasteiger partial charge in [-0.15, -0.1) is 0 Å². The summed E-state index contributed by atoms with van der Waals surface area (Å²) in [5.41, 5.74) is -0.607. The minimum Gasteiger partial charge on any atom is -0.412 e. The summed E-state index contributed by atoms with van der Waals surface area (Å²) in [7, 11) is 0. The number of ether oxygens (including phenoxy) is 1. The third-order valence-corrected chi connectivity index (χ3v) is 5.60. The van der Waals surface area contributed by atoms with Gasteiger partial charge in [-0.1, -0.05) is 30.4 Å². The molecule has 30 heavy (non-hydrogen) atoms. The number of allylic oxidation sites excluding steroid dienone is 1. The number of hydrogen-bond donors (Lipinski definition) is 0. The summed E-state index contributed by atoms with van der Waals surface area (Å²) >= 11 is 1.13. The van der Waals surface area contributed by atoms with Crippen molar-refractivity contribution in [2.24, 2.45) is 5.10 Å². The molecule has 2 aromatic rings. The monoisotopic (exact) mass is 446 g/mol. The van der Waals surface area contributed by atoms with Crippen LogP contribution >= 0.6 is 11.3 Å². The van der Waals surface area contributed by atoms with Gasteiger partial charge < -0.3 is 20.6 Å². The van der Waals surface area contributed by atoms with Gasteiger partial charge in [0.15, 0.2) is 5.71 Å². The van der Waals surface area contributed by atoms with Gasteiger partial charge >= 0.3 is 6.18 Å². The van der Waals surface area contributed by atoms with E-state index in [-0.39, 0.29) is 22.5 Å². The maximum atomic E-state index is 13.7. The summed E-state index contributed by atoms with van der Waals surface area (Å²) in [5, 5.41) is 4.56. The van der Waals surface area contributed by atoms with E-state index < -0.39 is 23.4 Å². The van der Waals surface area contributed by atoms with Crippen LogP contribution in [-0.4, -0.2) is 64.9 Å². The average Bonchev–Trinajstić information content (AvgIpc) is 3.25. The Labute approximate surface area is 173 Å². The lowest BCUT2D eigenvalue weighted by Crippen LogP contribution is -2.38. The van der Waals surface area contributed by atoms with Crippen molar-refractivity contribution in [3.63, 3.8) is 0 Å². The molecule has 8 nitrogen and oxygen atoms in total. The standard InChI is InChI=1S/C18H17F3N4O2S.2H2O/c1-2-12(24-7-9-27-10-8-24)14-15(18(19,20)21)23-25(16(14)26)17-22-11-5-3-4-6-13(11)28-17;;/h3-6H,2,7-10H2,1H3;2*1H2/b14-12-;;. The molecule has 4 N–H and O–H groups in total. The minimum absolute atomic E-state index is 0. The zero-order valence-corrected chi connectivity index (χ0v) is 16.8. The lowest BCUT2D eigenvalue weighted by Gasteiger charge is -2.31. The number of amides is 1. The number of rotatable bonds is 3. The maximum absolute atomic E-state index is 13.7. The van der Waals surface area contributed by atoms with E-state index in [9.17, 15) is 18.0 Å². The number of carbonyl (C=O) groups is 1. The minimum atomic E-state index is -4.75. The molecule has 2 aliphatic rings. The van der Waals surface area contributed by atoms with Crippen LogP contribution < -0.4 is 5.01 Å². The number of thiazole rings is 1. The molecule has 0 spiro atoms. The van der Waals surface area contributed by atoms with Crippen molar-refractivity contribution in [1.82, 2.24) is 9.88 Å². The fourth-order valence-corrected chi connectivity index (χ4v) is 4.25. The van der Waals surface area contributed by atoms with Crippen LogP contribution in [0.2, 0.25) is 0 Å². The molecular weight excluding hydrogens is 425 g/mol. The van der Waals surface area contributed by atoms with Crippen molar-refractivity contribution in [3.05, 3.63) is 35.5 Å². The van der Waals surface area contributed by atoms with E-state index in [4.69, 9.17) is 4.74 Å². The van der Waals surface area contributed by atoms with E-state index in [0.717, 1.165) is 21.0 Å². The molecule has 0 unspecified atom stereocenters. The van der Waals surface area contributed by atoms with Crippen molar-refractivity contribution in [2.45, 2.75) is 19.5 Å². The first kappa shape index (κ1) is 23.7. The number of morpholine rings is 1. The van der Waals surface area contributed by atoms with Gasteiger partial charge in [0.2, 0.25) is 5.13 Å². The molecule has 1 amide bonds. The Hall–Kier alpha value is -2.54. The fraction of sp³-hybridized carbons (Fsp3) is 0.389. The number of benzene rings is 1. The van der Waals surface area contributed by atoms with E-state index in [1.165, 1.54) is 0 Å². The molecule has 164 valence electrons. The second kappa shape index (κ2) is 9.08. The number of nitrogens with zero attached hydrogens (tertiary/aromatic N) is 4. The normalized spacial score (nSPS) is 18.8. The quantitative estimate of drug-likeness (QED) is 0.669. The largest absolute Gasteiger partial charge is 0.436 e. The Morgan fingerprint density at radius 3 is 2.47 bits per heavy atom. The van der Waals surface area contributed by atoms with Gasteiger partial charge in [0, 0.05) is 18.8 Å². The van der Waals surface area contributed by atoms with Crippen molar-refractivity contribution in [3.8, 4) is 0 Å². The van der Waals surface area contributed by atoms with Gasteiger partial charge in [-0.25, -0.2) is 4.98 Å². The first-order valence-corrected chi connectivity index (χ1v) is 9.64. The van der Waals surface area contributed by atoms with Crippen molar-refractivity contribution >= 4 is 38.3 Å². The lowest BCUT2D eigenvalue weighted by molar-refractivity contribution is -0.114. The zero-order valence-electron chi connectivity index (χ0n) is 16.0. The van der Waals surface area contributed by atoms with Gasteiger partial charge in [0.05, 0.1) is 29.0 Å². The maximum Gasteiger partial charge on any atom is 0.436 e. The number of fused-ring (bicyclic) bond motifs is 1. The summed E-state index contributed by atoms with van der Waals surface area (Å²) in [4.78, 5) is 19.1. The SMILES string of the molecule is CC/C(=C1/C(=O)N(c2nc3ccccc3s2)N=C1C(F)(F)F)N1CCOCC1.O.O. The van der Waals surface area contributed by atoms with E-state index in [1.807, 2.05) is 0 Å². The van der Waals surface area contributed by atoms with E-state index in [1.54, 1.807) is 36.1 Å². The molecule has 3 heterocycles. The fourth-order valence-electron chi connectivity index (χ4n) is 3.33. The lowest BCUT2D eigenvalue weighted by atomic mass is 10.0. The molecule has 1 saturated heterocycles. The van der Waals surface area contributed by atoms with Crippen LogP contribution in [0.5, 0.6) is 0 Å². The van der Waals surface area contributed by atoms with Gasteiger partial charge in [-0.05, 0) is 18.6 Å². The van der Waals surface area contributed by atoms with Crippen LogP contribution in [0.15, 0.2) is 40.6 Å². The summed E-state index contributed by atoms with van der Waals surface area (Å²) in [5.74, 6) is -0.797. The predicted molar refractivity (Wildman–Crippen MR) is 108 cm³/mol. The van der Waals surface area contributed by atoms with E-state index in [2.05, 4.69) is 10.1 Å². The van der Waals surface area contributed by atoms with E-state index in [0.29, 0.717) is 37.5 Å². The van der Waals surface area contributed by atoms with Crippen LogP contribution in [0, 0.1) is 0 Å². The molecule has 2 aliphatic heterocycles. The first-order chi connectivity index (χ1) is 13.4. The Morgan fingerprint density at radius 1 is 1.20 bits per heavy atom. The number of aromatic nitrogens is 1. The summed E-state index contributed by atoms with van der Waals surface area (Å²) in [6.07, 6.45) is -4.47. The van der Waals surface area contributed by atoms with Gasteiger partial charge in [0.25, 0.3) is 5.91 Å². The highest BCUT2D eigenvalue weighted by molar-refractivity contribution is 7.22. The van der Waals surface area contributed by atoms with Crippen LogP contribution in [0.25, 0.3) is 10.2 Å². The Bertz CT molecular complexity index is 950. The number of alkyl halides is 3. The average molecular weight is 446 g/mol. The molecule has 1 aromatic carbocycles. The van der Waals surface area contributed by atoms with Crippen molar-refractivity contribution in [1.29, 1.82) is 0 Å². The van der Waals surface area contributed by atoms with Crippen LogP contribution in [0.4, 0.5) is 18.3 Å². The second-order valence-corrected chi connectivity index (χ2v) is 7.31. The molecule has 4 rings (SSSR count). The summed E-state index contributed by atoms with van der Waals surface area (Å²) < 4.78 is 47.3. The smallest absolute Gasteiger partial charge is 0.412 e. The van der Waals surface area contributed by atoms with Gasteiger partial charge in [0.1, 0.15) is 0 Å². The highest BCUT2D eigenvalue weighted by Crippen LogP contribution is 2.37. The van der Waals surface area contributed by atoms with Crippen LogP contribution in [0.1, 0.15) is 13.3 Å². The molecule has 12 heteroatoms. The molecule has 1 fully saturated rings. The predicted octanol–water partition coefficient (Wildman–Crippen LogP) is 1.91. The van der Waals surface area contributed by atoms with E-state index >= 15 is 0 Å². The third-order valence-electron chi connectivity index (χ3n) is 4.59. The van der Waals surface area contributed by atoms with Crippen LogP contribution in [-0.2, 0) is 9.53 Å². The number of anilines is 1. The molecule has 1 aromatic heterocycles. The molecule has 0 atom stereocenters.